The molecule has 1 amide bonds. The van der Waals surface area contributed by atoms with Crippen molar-refractivity contribution in [2.24, 2.45) is 13.0 Å². The summed E-state index contributed by atoms with van der Waals surface area (Å²) in [5.41, 5.74) is 2.43. The van der Waals surface area contributed by atoms with Gasteiger partial charge < -0.3 is 5.32 Å². The van der Waals surface area contributed by atoms with Crippen molar-refractivity contribution < 1.29 is 4.79 Å². The Balaban J connectivity index is 1.84. The highest BCUT2D eigenvalue weighted by atomic mass is 32.2. The van der Waals surface area contributed by atoms with Crippen LogP contribution >= 0.6 is 11.8 Å². The van der Waals surface area contributed by atoms with Crippen LogP contribution < -0.4 is 5.32 Å². The van der Waals surface area contributed by atoms with E-state index in [2.05, 4.69) is 59.0 Å². The summed E-state index contributed by atoms with van der Waals surface area (Å²) in [5.74, 6) is 0.908. The predicted molar refractivity (Wildman–Crippen MR) is 91.1 cm³/mol. The second kappa shape index (κ2) is 8.10. The number of nitrogens with one attached hydrogen (secondary N) is 1. The first-order valence-corrected chi connectivity index (χ1v) is 8.67. The minimum Gasteiger partial charge on any atom is -0.349 e. The fraction of sp³-hybridized carbons (Fsp3) is 0.500. The van der Waals surface area contributed by atoms with E-state index in [0.717, 1.165) is 12.0 Å². The molecular weight excluding hydrogens is 310 g/mol. The third-order valence-electron chi connectivity index (χ3n) is 3.41. The second-order valence-electron chi connectivity index (χ2n) is 6.00. The van der Waals surface area contributed by atoms with E-state index >= 15 is 0 Å². The number of nitrogens with zero attached hydrogens (tertiary/aromatic N) is 4. The first-order valence-electron chi connectivity index (χ1n) is 7.69. The lowest BCUT2D eigenvalue weighted by molar-refractivity contribution is -0.119. The van der Waals surface area contributed by atoms with E-state index in [1.807, 2.05) is 6.92 Å². The first kappa shape index (κ1) is 17.5. The molecule has 0 aliphatic rings. The van der Waals surface area contributed by atoms with Crippen molar-refractivity contribution in [3.05, 3.63) is 35.4 Å². The number of hydrogen-bond donors (Lipinski definition) is 1. The maximum atomic E-state index is 12.0. The van der Waals surface area contributed by atoms with Crippen LogP contribution in [0.25, 0.3) is 0 Å². The average Bonchev–Trinajstić information content (AvgIpc) is 2.90. The van der Waals surface area contributed by atoms with E-state index in [1.165, 1.54) is 17.3 Å². The molecule has 0 aliphatic carbocycles. The topological polar surface area (TPSA) is 72.7 Å². The monoisotopic (exact) mass is 333 g/mol. The number of benzene rings is 1. The molecule has 1 aromatic heterocycles. The third-order valence-corrected chi connectivity index (χ3v) is 4.43. The maximum absolute atomic E-state index is 12.0. The number of tetrazole rings is 1. The van der Waals surface area contributed by atoms with Crippen LogP contribution in [0.15, 0.2) is 29.4 Å². The van der Waals surface area contributed by atoms with Gasteiger partial charge in [-0.1, -0.05) is 49.9 Å². The third kappa shape index (κ3) is 5.35. The molecule has 6 nitrogen and oxygen atoms in total. The van der Waals surface area contributed by atoms with Crippen molar-refractivity contribution in [2.75, 3.05) is 5.75 Å². The zero-order chi connectivity index (χ0) is 16.8. The number of rotatable bonds is 7. The maximum Gasteiger partial charge on any atom is 0.230 e. The van der Waals surface area contributed by atoms with Gasteiger partial charge in [0.1, 0.15) is 0 Å². The minimum atomic E-state index is -0.0308. The predicted octanol–water partition coefficient (Wildman–Crippen LogP) is 2.38. The molecule has 1 N–H and O–H groups in total. The van der Waals surface area contributed by atoms with Gasteiger partial charge in [0, 0.05) is 7.05 Å². The Morgan fingerprint density at radius 2 is 1.96 bits per heavy atom. The Morgan fingerprint density at radius 1 is 1.26 bits per heavy atom. The van der Waals surface area contributed by atoms with E-state index in [1.54, 1.807) is 11.7 Å². The number of aromatic nitrogens is 4. The molecule has 0 fully saturated rings. The number of hydrogen-bond acceptors (Lipinski definition) is 5. The van der Waals surface area contributed by atoms with Crippen LogP contribution in [0, 0.1) is 5.92 Å². The van der Waals surface area contributed by atoms with Crippen LogP contribution in [0.5, 0.6) is 0 Å². The molecule has 124 valence electrons. The van der Waals surface area contributed by atoms with Gasteiger partial charge in [0.25, 0.3) is 0 Å². The number of amides is 1. The number of aryl methyl sites for hydroxylation is 1. The number of carbonyl (C=O) groups excluding carboxylic acids is 1. The summed E-state index contributed by atoms with van der Waals surface area (Å²) in [6, 6.07) is 8.43. The van der Waals surface area contributed by atoms with E-state index < -0.39 is 0 Å². The van der Waals surface area contributed by atoms with Crippen LogP contribution in [0.1, 0.15) is 37.9 Å². The molecule has 7 heteroatoms. The molecule has 0 unspecified atom stereocenters. The molecule has 1 aromatic carbocycles. The van der Waals surface area contributed by atoms with Crippen molar-refractivity contribution in [3.63, 3.8) is 0 Å². The highest BCUT2D eigenvalue weighted by Gasteiger charge is 2.12. The molecule has 23 heavy (non-hydrogen) atoms. The molecule has 0 spiro atoms. The Kier molecular flexibility index (Phi) is 6.15. The van der Waals surface area contributed by atoms with Gasteiger partial charge in [0.2, 0.25) is 11.1 Å². The summed E-state index contributed by atoms with van der Waals surface area (Å²) in [7, 11) is 1.75. The van der Waals surface area contributed by atoms with Gasteiger partial charge in [-0.3, -0.25) is 4.79 Å². The lowest BCUT2D eigenvalue weighted by atomic mass is 10.00. The molecule has 0 saturated heterocycles. The Bertz CT molecular complexity index is 638. The molecule has 0 aliphatic heterocycles. The Labute approximate surface area is 141 Å². The second-order valence-corrected chi connectivity index (χ2v) is 6.94. The molecule has 1 atom stereocenters. The molecule has 0 saturated carbocycles. The molecule has 0 radical (unpaired) electrons. The molecular formula is C16H23N5OS. The van der Waals surface area contributed by atoms with Crippen molar-refractivity contribution >= 4 is 17.7 Å². The van der Waals surface area contributed by atoms with Crippen molar-refractivity contribution in [2.45, 2.75) is 38.4 Å². The average molecular weight is 333 g/mol. The summed E-state index contributed by atoms with van der Waals surface area (Å²) in [6.07, 6.45) is 1.07. The highest BCUT2D eigenvalue weighted by molar-refractivity contribution is 7.99. The van der Waals surface area contributed by atoms with Crippen molar-refractivity contribution in [1.29, 1.82) is 0 Å². The quantitative estimate of drug-likeness (QED) is 0.788. The van der Waals surface area contributed by atoms with Crippen LogP contribution in [0.3, 0.4) is 0 Å². The van der Waals surface area contributed by atoms with Crippen LogP contribution in [0.2, 0.25) is 0 Å². The van der Waals surface area contributed by atoms with Gasteiger partial charge in [-0.05, 0) is 40.8 Å². The van der Waals surface area contributed by atoms with Gasteiger partial charge >= 0.3 is 0 Å². The summed E-state index contributed by atoms with van der Waals surface area (Å²) in [4.78, 5) is 12.0. The SMILES string of the molecule is CC(C)Cc1ccc([C@@H](C)NC(=O)CSc2nnnn2C)cc1. The number of carbonyl (C=O) groups is 1. The zero-order valence-corrected chi connectivity index (χ0v) is 14.8. The normalized spacial score (nSPS) is 12.4. The van der Waals surface area contributed by atoms with E-state index in [-0.39, 0.29) is 11.9 Å². The fourth-order valence-electron chi connectivity index (χ4n) is 2.25. The van der Waals surface area contributed by atoms with Gasteiger partial charge in [-0.25, -0.2) is 4.68 Å². The summed E-state index contributed by atoms with van der Waals surface area (Å²) in [5, 5.41) is 14.8. The van der Waals surface area contributed by atoms with E-state index in [9.17, 15) is 4.79 Å². The van der Waals surface area contributed by atoms with Crippen LogP contribution in [0.4, 0.5) is 0 Å². The largest absolute Gasteiger partial charge is 0.349 e. The molecule has 1 heterocycles. The summed E-state index contributed by atoms with van der Waals surface area (Å²) >= 11 is 1.32. The zero-order valence-electron chi connectivity index (χ0n) is 14.0. The lowest BCUT2D eigenvalue weighted by Gasteiger charge is -2.15. The van der Waals surface area contributed by atoms with Crippen LogP contribution in [-0.2, 0) is 18.3 Å². The minimum absolute atomic E-state index is 0.0196. The first-order chi connectivity index (χ1) is 11.0. The Hall–Kier alpha value is -1.89. The summed E-state index contributed by atoms with van der Waals surface area (Å²) < 4.78 is 1.55. The fourth-order valence-corrected chi connectivity index (χ4v) is 2.92. The molecule has 2 aromatic rings. The van der Waals surface area contributed by atoms with Crippen molar-refractivity contribution in [1.82, 2.24) is 25.5 Å². The smallest absolute Gasteiger partial charge is 0.230 e. The van der Waals surface area contributed by atoms with Gasteiger partial charge in [-0.15, -0.1) is 5.10 Å². The standard InChI is InChI=1S/C16H23N5OS/c1-11(2)9-13-5-7-14(8-6-13)12(3)17-15(22)10-23-16-18-19-20-21(16)4/h5-8,11-12H,9-10H2,1-4H3,(H,17,22)/t12-/m1/s1. The lowest BCUT2D eigenvalue weighted by Crippen LogP contribution is -2.28. The number of thioether (sulfide) groups is 1. The Morgan fingerprint density at radius 3 is 2.52 bits per heavy atom. The van der Waals surface area contributed by atoms with Gasteiger partial charge in [0.15, 0.2) is 0 Å². The summed E-state index contributed by atoms with van der Waals surface area (Å²) in [6.45, 7) is 6.41. The molecule has 2 rings (SSSR count). The van der Waals surface area contributed by atoms with Gasteiger partial charge in [0.05, 0.1) is 11.8 Å². The van der Waals surface area contributed by atoms with Gasteiger partial charge in [-0.2, -0.15) is 0 Å². The van der Waals surface area contributed by atoms with Crippen molar-refractivity contribution in [3.8, 4) is 0 Å². The molecule has 0 bridgehead atoms. The van der Waals surface area contributed by atoms with Crippen LogP contribution in [-0.4, -0.2) is 31.9 Å². The van der Waals surface area contributed by atoms with E-state index in [4.69, 9.17) is 0 Å². The van der Waals surface area contributed by atoms with E-state index in [0.29, 0.717) is 16.8 Å². The highest BCUT2D eigenvalue weighted by Crippen LogP contribution is 2.17.